The van der Waals surface area contributed by atoms with Crippen LogP contribution in [0.15, 0.2) is 65.8 Å². The lowest BCUT2D eigenvalue weighted by Crippen LogP contribution is -2.04. The summed E-state index contributed by atoms with van der Waals surface area (Å²) in [7, 11) is 0. The first-order chi connectivity index (χ1) is 10.9. The predicted molar refractivity (Wildman–Crippen MR) is 93.6 cm³/mol. The third-order valence-corrected chi connectivity index (χ3v) is 3.64. The molecule has 22 heavy (non-hydrogen) atoms. The van der Waals surface area contributed by atoms with Gasteiger partial charge in [-0.05, 0) is 36.8 Å². The van der Waals surface area contributed by atoms with E-state index in [1.165, 1.54) is 5.56 Å². The minimum atomic E-state index is 0.568. The Morgan fingerprint density at radius 1 is 0.909 bits per heavy atom. The van der Waals surface area contributed by atoms with Gasteiger partial charge in [-0.3, -0.25) is 0 Å². The van der Waals surface area contributed by atoms with E-state index in [1.54, 1.807) is 0 Å². The molecule has 0 aliphatic rings. The summed E-state index contributed by atoms with van der Waals surface area (Å²) in [6.45, 7) is 0.568. The summed E-state index contributed by atoms with van der Waals surface area (Å²) in [6.07, 6.45) is 3.82. The summed E-state index contributed by atoms with van der Waals surface area (Å²) in [5, 5.41) is 4.32. The van der Waals surface area contributed by atoms with Gasteiger partial charge in [0, 0.05) is 5.88 Å². The molecule has 2 aromatic rings. The van der Waals surface area contributed by atoms with Crippen molar-refractivity contribution in [3.63, 3.8) is 0 Å². The van der Waals surface area contributed by atoms with Crippen LogP contribution in [0.1, 0.15) is 30.4 Å². The first-order valence-corrected chi connectivity index (χ1v) is 8.28. The van der Waals surface area contributed by atoms with E-state index < -0.39 is 0 Å². The molecule has 0 fully saturated rings. The number of rotatable bonds is 9. The van der Waals surface area contributed by atoms with Gasteiger partial charge in [0.2, 0.25) is 0 Å². The minimum absolute atomic E-state index is 0.568. The molecule has 0 aliphatic heterocycles. The first kappa shape index (κ1) is 16.6. The highest BCUT2D eigenvalue weighted by molar-refractivity contribution is 6.17. The van der Waals surface area contributed by atoms with Crippen molar-refractivity contribution in [3.8, 4) is 0 Å². The van der Waals surface area contributed by atoms with Crippen LogP contribution >= 0.6 is 11.6 Å². The molecule has 3 heteroatoms. The Hall–Kier alpha value is -1.80. The van der Waals surface area contributed by atoms with Crippen molar-refractivity contribution in [2.24, 2.45) is 5.16 Å². The molecule has 0 heterocycles. The second kappa shape index (κ2) is 10.0. The fourth-order valence-electron chi connectivity index (χ4n) is 2.22. The Kier molecular flexibility index (Phi) is 7.54. The molecule has 0 atom stereocenters. The van der Waals surface area contributed by atoms with E-state index in [9.17, 15) is 0 Å². The van der Waals surface area contributed by atoms with Gasteiger partial charge in [-0.1, -0.05) is 65.8 Å². The monoisotopic (exact) mass is 315 g/mol. The van der Waals surface area contributed by atoms with Crippen LogP contribution in [0.2, 0.25) is 0 Å². The Labute approximate surface area is 137 Å². The van der Waals surface area contributed by atoms with E-state index in [2.05, 4.69) is 41.6 Å². The molecule has 2 nitrogen and oxygen atoms in total. The van der Waals surface area contributed by atoms with Crippen molar-refractivity contribution in [3.05, 3.63) is 71.8 Å². The van der Waals surface area contributed by atoms with E-state index in [0.29, 0.717) is 12.5 Å². The lowest BCUT2D eigenvalue weighted by molar-refractivity contribution is 0.145. The van der Waals surface area contributed by atoms with Crippen molar-refractivity contribution in [2.75, 3.05) is 12.5 Å². The van der Waals surface area contributed by atoms with Crippen LogP contribution in [-0.2, 0) is 11.3 Å². The van der Waals surface area contributed by atoms with Gasteiger partial charge in [-0.15, -0.1) is 11.6 Å². The van der Waals surface area contributed by atoms with E-state index in [-0.39, 0.29) is 0 Å². The van der Waals surface area contributed by atoms with Gasteiger partial charge < -0.3 is 4.84 Å². The molecular formula is C19H22ClNO. The van der Waals surface area contributed by atoms with Crippen LogP contribution < -0.4 is 0 Å². The van der Waals surface area contributed by atoms with Crippen LogP contribution in [0, 0.1) is 0 Å². The number of nitrogens with zero attached hydrogens (tertiary/aromatic N) is 1. The molecule has 0 unspecified atom stereocenters. The fourth-order valence-corrected chi connectivity index (χ4v) is 2.33. The summed E-state index contributed by atoms with van der Waals surface area (Å²) < 4.78 is 0. The largest absolute Gasteiger partial charge is 0.396 e. The third-order valence-electron chi connectivity index (χ3n) is 3.37. The zero-order chi connectivity index (χ0) is 15.5. The highest BCUT2D eigenvalue weighted by Crippen LogP contribution is 2.11. The average molecular weight is 316 g/mol. The lowest BCUT2D eigenvalue weighted by atomic mass is 10.0. The maximum absolute atomic E-state index is 5.66. The zero-order valence-corrected chi connectivity index (χ0v) is 13.5. The second-order valence-electron chi connectivity index (χ2n) is 5.12. The SMILES string of the molecule is ClCCCO/N=C(\CCCc1ccccc1)c1ccccc1. The van der Waals surface area contributed by atoms with Gasteiger partial charge in [-0.2, -0.15) is 0 Å². The summed E-state index contributed by atoms with van der Waals surface area (Å²) >= 11 is 5.66. The predicted octanol–water partition coefficient (Wildman–Crippen LogP) is 5.06. The standard InChI is InChI=1S/C19H22ClNO/c20-15-8-16-22-21-19(18-12-5-2-6-13-18)14-7-11-17-9-3-1-4-10-17/h1-6,9-10,12-13H,7-8,11,14-16H2/b21-19+. The average Bonchev–Trinajstić information content (AvgIpc) is 2.59. The Morgan fingerprint density at radius 2 is 1.59 bits per heavy atom. The van der Waals surface area contributed by atoms with Gasteiger partial charge in [0.1, 0.15) is 6.61 Å². The van der Waals surface area contributed by atoms with Crippen molar-refractivity contribution in [1.29, 1.82) is 0 Å². The molecule has 0 aliphatic carbocycles. The maximum Gasteiger partial charge on any atom is 0.118 e. The van der Waals surface area contributed by atoms with Crippen LogP contribution in [0.3, 0.4) is 0 Å². The van der Waals surface area contributed by atoms with Gasteiger partial charge >= 0.3 is 0 Å². The van der Waals surface area contributed by atoms with Gasteiger partial charge in [-0.25, -0.2) is 0 Å². The molecule has 0 spiro atoms. The molecular weight excluding hydrogens is 294 g/mol. The number of hydrogen-bond donors (Lipinski definition) is 0. The number of aryl methyl sites for hydroxylation is 1. The van der Waals surface area contributed by atoms with Crippen molar-refractivity contribution in [1.82, 2.24) is 0 Å². The summed E-state index contributed by atoms with van der Waals surface area (Å²) in [4.78, 5) is 5.40. The van der Waals surface area contributed by atoms with E-state index in [0.717, 1.165) is 37.0 Å². The van der Waals surface area contributed by atoms with Crippen LogP contribution in [0.5, 0.6) is 0 Å². The van der Waals surface area contributed by atoms with Gasteiger partial charge in [0.25, 0.3) is 0 Å². The second-order valence-corrected chi connectivity index (χ2v) is 5.50. The fraction of sp³-hybridized carbons (Fsp3) is 0.316. The van der Waals surface area contributed by atoms with E-state index >= 15 is 0 Å². The molecule has 0 radical (unpaired) electrons. The number of hydrogen-bond acceptors (Lipinski definition) is 2. The number of alkyl halides is 1. The zero-order valence-electron chi connectivity index (χ0n) is 12.7. The van der Waals surface area contributed by atoms with Crippen LogP contribution in [-0.4, -0.2) is 18.2 Å². The van der Waals surface area contributed by atoms with Crippen molar-refractivity contribution < 1.29 is 4.84 Å². The Morgan fingerprint density at radius 3 is 2.27 bits per heavy atom. The summed E-state index contributed by atoms with van der Waals surface area (Å²) in [5.74, 6) is 0.601. The number of halogens is 1. The number of benzene rings is 2. The molecule has 2 aromatic carbocycles. The number of oxime groups is 1. The van der Waals surface area contributed by atoms with E-state index in [4.69, 9.17) is 16.4 Å². The Bertz CT molecular complexity index is 554. The Balaban J connectivity index is 1.92. The smallest absolute Gasteiger partial charge is 0.118 e. The molecule has 0 bridgehead atoms. The van der Waals surface area contributed by atoms with Crippen molar-refractivity contribution >= 4 is 17.3 Å². The highest BCUT2D eigenvalue weighted by atomic mass is 35.5. The maximum atomic E-state index is 5.66. The molecule has 0 amide bonds. The lowest BCUT2D eigenvalue weighted by Gasteiger charge is -2.07. The van der Waals surface area contributed by atoms with Crippen LogP contribution in [0.25, 0.3) is 0 Å². The molecule has 0 N–H and O–H groups in total. The molecule has 116 valence electrons. The normalized spacial score (nSPS) is 11.4. The third kappa shape index (κ3) is 5.90. The molecule has 0 saturated heterocycles. The molecule has 0 aromatic heterocycles. The van der Waals surface area contributed by atoms with Crippen molar-refractivity contribution in [2.45, 2.75) is 25.7 Å². The van der Waals surface area contributed by atoms with Crippen LogP contribution in [0.4, 0.5) is 0 Å². The summed E-state index contributed by atoms with van der Waals surface area (Å²) in [6, 6.07) is 20.8. The van der Waals surface area contributed by atoms with Gasteiger partial charge in [0.05, 0.1) is 5.71 Å². The quantitative estimate of drug-likeness (QED) is 0.274. The van der Waals surface area contributed by atoms with Gasteiger partial charge in [0.15, 0.2) is 0 Å². The first-order valence-electron chi connectivity index (χ1n) is 7.74. The van der Waals surface area contributed by atoms with E-state index in [1.807, 2.05) is 24.3 Å². The highest BCUT2D eigenvalue weighted by Gasteiger charge is 2.04. The topological polar surface area (TPSA) is 21.6 Å². The minimum Gasteiger partial charge on any atom is -0.396 e. The molecule has 2 rings (SSSR count). The molecule has 0 saturated carbocycles. The summed E-state index contributed by atoms with van der Waals surface area (Å²) in [5.41, 5.74) is 3.49.